The number of hydrogen-bond donors (Lipinski definition) is 1. The molecule has 0 radical (unpaired) electrons. The second kappa shape index (κ2) is 8.68. The molecule has 4 rings (SSSR count). The van der Waals surface area contributed by atoms with Gasteiger partial charge in [-0.05, 0) is 48.2 Å². The van der Waals surface area contributed by atoms with Gasteiger partial charge in [-0.25, -0.2) is 0 Å². The topological polar surface area (TPSA) is 70.1 Å². The number of carbonyl (C=O) groups excluding carboxylic acids is 1. The first-order valence-electron chi connectivity index (χ1n) is 9.59. The number of benzene rings is 1. The number of nitrogens with zero attached hydrogens (tertiary/aromatic N) is 2. The predicted octanol–water partition coefficient (Wildman–Crippen LogP) is 6.47. The minimum atomic E-state index is -0.425. The van der Waals surface area contributed by atoms with Gasteiger partial charge in [-0.3, -0.25) is 9.69 Å². The number of nitriles is 1. The molecule has 154 valence electrons. The van der Waals surface area contributed by atoms with Gasteiger partial charge in [-0.2, -0.15) is 5.26 Å². The predicted molar refractivity (Wildman–Crippen MR) is 125 cm³/mol. The molecule has 0 bridgehead atoms. The van der Waals surface area contributed by atoms with Gasteiger partial charge in [0.2, 0.25) is 0 Å². The van der Waals surface area contributed by atoms with E-state index in [1.807, 2.05) is 16.3 Å². The maximum absolute atomic E-state index is 13.2. The van der Waals surface area contributed by atoms with Crippen LogP contribution >= 0.6 is 46.3 Å². The molecule has 0 saturated heterocycles. The van der Waals surface area contributed by atoms with Gasteiger partial charge >= 0.3 is 0 Å². The molecule has 0 saturated carbocycles. The zero-order valence-corrected chi connectivity index (χ0v) is 19.4. The summed E-state index contributed by atoms with van der Waals surface area (Å²) in [7, 11) is 0. The number of nitrogens with two attached hydrogens (primary N) is 1. The number of hydrogen-bond acceptors (Lipinski definition) is 6. The molecule has 4 nitrogen and oxygen atoms in total. The van der Waals surface area contributed by atoms with Crippen LogP contribution in [0.3, 0.4) is 0 Å². The Kier molecular flexibility index (Phi) is 6.17. The molecule has 0 fully saturated rings. The van der Waals surface area contributed by atoms with E-state index in [0.29, 0.717) is 45.5 Å². The van der Waals surface area contributed by atoms with Crippen molar-refractivity contribution in [1.82, 2.24) is 0 Å². The van der Waals surface area contributed by atoms with Crippen molar-refractivity contribution >= 4 is 57.8 Å². The van der Waals surface area contributed by atoms with Crippen molar-refractivity contribution in [2.45, 2.75) is 37.0 Å². The Morgan fingerprint density at radius 1 is 1.30 bits per heavy atom. The summed E-state index contributed by atoms with van der Waals surface area (Å²) in [6, 6.07) is 9.59. The number of ketones is 1. The summed E-state index contributed by atoms with van der Waals surface area (Å²) in [6.07, 6.45) is 1.93. The van der Waals surface area contributed by atoms with Gasteiger partial charge in [0, 0.05) is 33.2 Å². The second-order valence-corrected chi connectivity index (χ2v) is 10.1. The Hall–Kier alpha value is -1.91. The summed E-state index contributed by atoms with van der Waals surface area (Å²) < 4.78 is 0. The number of allylic oxidation sites excluding steroid dienone is 3. The van der Waals surface area contributed by atoms with Crippen molar-refractivity contribution in [2.75, 3.05) is 10.7 Å². The molecular weight excluding hydrogens is 457 g/mol. The van der Waals surface area contributed by atoms with Crippen LogP contribution in [0.15, 0.2) is 57.2 Å². The van der Waals surface area contributed by atoms with Crippen molar-refractivity contribution in [3.63, 3.8) is 0 Å². The highest BCUT2D eigenvalue weighted by Crippen LogP contribution is 2.49. The molecule has 1 aromatic carbocycles. The van der Waals surface area contributed by atoms with E-state index in [1.54, 1.807) is 35.2 Å². The van der Waals surface area contributed by atoms with Crippen LogP contribution in [0.4, 0.5) is 5.69 Å². The Labute approximate surface area is 194 Å². The zero-order valence-electron chi connectivity index (χ0n) is 16.2. The van der Waals surface area contributed by atoms with Crippen LogP contribution in [-0.2, 0) is 4.79 Å². The molecule has 1 unspecified atom stereocenters. The van der Waals surface area contributed by atoms with Crippen molar-refractivity contribution in [1.29, 1.82) is 5.26 Å². The summed E-state index contributed by atoms with van der Waals surface area (Å²) in [6.45, 7) is 2.09. The number of halogens is 2. The molecule has 1 aromatic heterocycles. The van der Waals surface area contributed by atoms with E-state index in [4.69, 9.17) is 28.9 Å². The lowest BCUT2D eigenvalue weighted by molar-refractivity contribution is -0.116. The fraction of sp³-hybridized carbons (Fsp3) is 0.273. The third-order valence-electron chi connectivity index (χ3n) is 5.29. The van der Waals surface area contributed by atoms with Crippen LogP contribution in [0, 0.1) is 11.3 Å². The van der Waals surface area contributed by atoms with Crippen molar-refractivity contribution in [3.8, 4) is 6.07 Å². The number of anilines is 1. The lowest BCUT2D eigenvalue weighted by Crippen LogP contribution is -2.38. The SMILES string of the molecule is CCSc1ccsc1C1C(C#N)=C(N)N(c2ccc(Cl)c(Cl)c2)C2=C1C(=O)CCC2. The van der Waals surface area contributed by atoms with E-state index in [-0.39, 0.29) is 5.78 Å². The van der Waals surface area contributed by atoms with E-state index >= 15 is 0 Å². The van der Waals surface area contributed by atoms with Gasteiger partial charge in [0.25, 0.3) is 0 Å². The molecule has 1 aliphatic heterocycles. The van der Waals surface area contributed by atoms with E-state index in [0.717, 1.165) is 27.6 Å². The van der Waals surface area contributed by atoms with Crippen LogP contribution in [0.1, 0.15) is 37.0 Å². The van der Waals surface area contributed by atoms with Gasteiger partial charge in [-0.15, -0.1) is 23.1 Å². The summed E-state index contributed by atoms with van der Waals surface area (Å²) in [5, 5.41) is 12.9. The number of Topliss-reactive ketones (excluding diaryl/α,β-unsaturated/α-hetero) is 1. The average molecular weight is 476 g/mol. The molecular formula is C22H19Cl2N3OS2. The van der Waals surface area contributed by atoms with Gasteiger partial charge in [0.15, 0.2) is 5.78 Å². The number of carbonyl (C=O) groups is 1. The normalized spacial score (nSPS) is 19.2. The minimum Gasteiger partial charge on any atom is -0.384 e. The van der Waals surface area contributed by atoms with Crippen LogP contribution in [-0.4, -0.2) is 11.5 Å². The standard InChI is InChI=1S/C22H19Cl2N3OS2/c1-2-29-18-8-9-30-21(18)19-13(11-25)22(26)27(12-6-7-14(23)15(24)10-12)16-4-3-5-17(28)20(16)19/h6-10,19H,2-5,26H2,1H3. The van der Waals surface area contributed by atoms with Crippen LogP contribution in [0.25, 0.3) is 0 Å². The maximum atomic E-state index is 13.2. The van der Waals surface area contributed by atoms with E-state index in [2.05, 4.69) is 19.1 Å². The second-order valence-electron chi connectivity index (χ2n) is 7.00. The van der Waals surface area contributed by atoms with Crippen molar-refractivity contribution in [3.05, 3.63) is 67.2 Å². The fourth-order valence-electron chi connectivity index (χ4n) is 4.06. The lowest BCUT2D eigenvalue weighted by atomic mass is 9.78. The Bertz CT molecular complexity index is 1130. The third kappa shape index (κ3) is 3.54. The first-order chi connectivity index (χ1) is 14.5. The molecule has 0 amide bonds. The maximum Gasteiger partial charge on any atom is 0.161 e. The Balaban J connectivity index is 1.96. The van der Waals surface area contributed by atoms with Crippen LogP contribution in [0.2, 0.25) is 10.0 Å². The average Bonchev–Trinajstić information content (AvgIpc) is 3.18. The number of rotatable bonds is 4. The molecule has 2 aliphatic rings. The highest BCUT2D eigenvalue weighted by molar-refractivity contribution is 7.99. The van der Waals surface area contributed by atoms with Gasteiger partial charge in [0.05, 0.1) is 27.6 Å². The summed E-state index contributed by atoms with van der Waals surface area (Å²) in [5.41, 5.74) is 9.22. The molecule has 8 heteroatoms. The Morgan fingerprint density at radius 2 is 2.10 bits per heavy atom. The van der Waals surface area contributed by atoms with Crippen molar-refractivity contribution in [2.24, 2.45) is 5.73 Å². The summed E-state index contributed by atoms with van der Waals surface area (Å²) >= 11 is 15.6. The molecule has 1 aliphatic carbocycles. The quantitative estimate of drug-likeness (QED) is 0.512. The van der Waals surface area contributed by atoms with Crippen LogP contribution < -0.4 is 10.6 Å². The highest BCUT2D eigenvalue weighted by atomic mass is 35.5. The number of thioether (sulfide) groups is 1. The van der Waals surface area contributed by atoms with Gasteiger partial charge in [-0.1, -0.05) is 30.1 Å². The van der Waals surface area contributed by atoms with E-state index < -0.39 is 5.92 Å². The Morgan fingerprint density at radius 3 is 2.80 bits per heavy atom. The third-order valence-corrected chi connectivity index (χ3v) is 8.10. The van der Waals surface area contributed by atoms with Crippen molar-refractivity contribution < 1.29 is 4.79 Å². The first kappa shape index (κ1) is 21.3. The number of thiophene rings is 1. The highest BCUT2D eigenvalue weighted by Gasteiger charge is 2.41. The largest absolute Gasteiger partial charge is 0.384 e. The lowest BCUT2D eigenvalue weighted by Gasteiger charge is -2.39. The molecule has 1 atom stereocenters. The van der Waals surface area contributed by atoms with Gasteiger partial charge < -0.3 is 5.73 Å². The molecule has 2 heterocycles. The smallest absolute Gasteiger partial charge is 0.161 e. The van der Waals surface area contributed by atoms with E-state index in [1.165, 1.54) is 0 Å². The molecule has 2 N–H and O–H groups in total. The van der Waals surface area contributed by atoms with Crippen LogP contribution in [0.5, 0.6) is 0 Å². The summed E-state index contributed by atoms with van der Waals surface area (Å²) in [5.74, 6) is 0.903. The monoisotopic (exact) mass is 475 g/mol. The molecule has 2 aromatic rings. The fourth-order valence-corrected chi connectivity index (χ4v) is 6.40. The first-order valence-corrected chi connectivity index (χ1v) is 12.2. The van der Waals surface area contributed by atoms with Gasteiger partial charge in [0.1, 0.15) is 5.82 Å². The summed E-state index contributed by atoms with van der Waals surface area (Å²) in [4.78, 5) is 17.1. The van der Waals surface area contributed by atoms with E-state index in [9.17, 15) is 10.1 Å². The minimum absolute atomic E-state index is 0.0763. The molecule has 30 heavy (non-hydrogen) atoms. The zero-order chi connectivity index (χ0) is 21.4. The molecule has 0 spiro atoms.